The fourth-order valence-electron chi connectivity index (χ4n) is 3.37. The first-order valence-electron chi connectivity index (χ1n) is 9.86. The SMILES string of the molecule is CC(C)C(=O)Nc1cc(-c2c(-c3ccc(F)cn3)nn3c2COC(C)(C)C3)ccn1. The number of hydrogen-bond acceptors (Lipinski definition) is 5. The predicted molar refractivity (Wildman–Crippen MR) is 111 cm³/mol. The van der Waals surface area contributed by atoms with Gasteiger partial charge >= 0.3 is 0 Å². The second-order valence-electron chi connectivity index (χ2n) is 8.31. The van der Waals surface area contributed by atoms with Gasteiger partial charge in [0.05, 0.1) is 36.3 Å². The Balaban J connectivity index is 1.83. The van der Waals surface area contributed by atoms with E-state index >= 15 is 0 Å². The molecule has 0 aliphatic carbocycles. The quantitative estimate of drug-likeness (QED) is 0.703. The highest BCUT2D eigenvalue weighted by atomic mass is 19.1. The van der Waals surface area contributed by atoms with Crippen LogP contribution >= 0.6 is 0 Å². The zero-order valence-electron chi connectivity index (χ0n) is 17.4. The van der Waals surface area contributed by atoms with E-state index in [1.807, 2.05) is 44.5 Å². The summed E-state index contributed by atoms with van der Waals surface area (Å²) in [5, 5.41) is 7.62. The Labute approximate surface area is 174 Å². The minimum Gasteiger partial charge on any atom is -0.367 e. The third kappa shape index (κ3) is 3.95. The van der Waals surface area contributed by atoms with Gasteiger partial charge in [0.15, 0.2) is 0 Å². The van der Waals surface area contributed by atoms with Gasteiger partial charge < -0.3 is 10.1 Å². The maximum absolute atomic E-state index is 13.4. The first-order chi connectivity index (χ1) is 14.2. The van der Waals surface area contributed by atoms with Gasteiger partial charge in [0.2, 0.25) is 5.91 Å². The molecule has 0 fully saturated rings. The topological polar surface area (TPSA) is 81.9 Å². The maximum Gasteiger partial charge on any atom is 0.228 e. The van der Waals surface area contributed by atoms with Gasteiger partial charge in [-0.2, -0.15) is 5.10 Å². The molecule has 0 unspecified atom stereocenters. The van der Waals surface area contributed by atoms with Crippen LogP contribution in [-0.2, 0) is 22.7 Å². The molecule has 8 heteroatoms. The lowest BCUT2D eigenvalue weighted by Crippen LogP contribution is -2.36. The van der Waals surface area contributed by atoms with Crippen LogP contribution < -0.4 is 5.32 Å². The van der Waals surface area contributed by atoms with Crippen molar-refractivity contribution in [1.29, 1.82) is 0 Å². The van der Waals surface area contributed by atoms with Crippen LogP contribution in [0.1, 0.15) is 33.4 Å². The number of carbonyl (C=O) groups is 1. The third-order valence-corrected chi connectivity index (χ3v) is 4.98. The summed E-state index contributed by atoms with van der Waals surface area (Å²) >= 11 is 0. The summed E-state index contributed by atoms with van der Waals surface area (Å²) in [6.07, 6.45) is 2.82. The van der Waals surface area contributed by atoms with Crippen molar-refractivity contribution in [1.82, 2.24) is 19.7 Å². The molecule has 1 aliphatic heterocycles. The summed E-state index contributed by atoms with van der Waals surface area (Å²) in [4.78, 5) is 20.6. The molecular weight excluding hydrogens is 385 g/mol. The minimum atomic E-state index is -0.406. The van der Waals surface area contributed by atoms with E-state index in [0.717, 1.165) is 16.8 Å². The summed E-state index contributed by atoms with van der Waals surface area (Å²) in [6, 6.07) is 6.65. The number of carbonyl (C=O) groups excluding carboxylic acids is 1. The molecule has 0 spiro atoms. The second kappa shape index (κ2) is 7.60. The monoisotopic (exact) mass is 409 g/mol. The Morgan fingerprint density at radius 1 is 1.27 bits per heavy atom. The number of amides is 1. The standard InChI is InChI=1S/C22H24FN5O2/c1-13(2)21(29)26-18-9-14(7-8-24-18)19-17-11-30-22(3,4)12-28(17)27-20(19)16-6-5-15(23)10-25-16/h5-10,13H,11-12H2,1-4H3,(H,24,26,29). The summed E-state index contributed by atoms with van der Waals surface area (Å²) in [6.45, 7) is 8.64. The average molecular weight is 409 g/mol. The van der Waals surface area contributed by atoms with Crippen molar-refractivity contribution in [2.45, 2.75) is 46.4 Å². The van der Waals surface area contributed by atoms with E-state index in [4.69, 9.17) is 9.84 Å². The summed E-state index contributed by atoms with van der Waals surface area (Å²) in [5.41, 5.74) is 3.43. The van der Waals surface area contributed by atoms with Gasteiger partial charge in [0, 0.05) is 17.7 Å². The number of ether oxygens (including phenoxy) is 1. The Kier molecular flexibility index (Phi) is 5.11. The van der Waals surface area contributed by atoms with Crippen molar-refractivity contribution in [3.63, 3.8) is 0 Å². The number of rotatable bonds is 4. The summed E-state index contributed by atoms with van der Waals surface area (Å²) in [7, 11) is 0. The van der Waals surface area contributed by atoms with E-state index in [-0.39, 0.29) is 17.4 Å². The van der Waals surface area contributed by atoms with Crippen LogP contribution in [0.25, 0.3) is 22.5 Å². The third-order valence-electron chi connectivity index (χ3n) is 4.98. The molecule has 4 heterocycles. The molecule has 7 nitrogen and oxygen atoms in total. The zero-order valence-corrected chi connectivity index (χ0v) is 17.4. The normalized spacial score (nSPS) is 15.1. The second-order valence-corrected chi connectivity index (χ2v) is 8.31. The summed E-state index contributed by atoms with van der Waals surface area (Å²) < 4.78 is 21.4. The van der Waals surface area contributed by atoms with Gasteiger partial charge in [-0.25, -0.2) is 9.37 Å². The van der Waals surface area contributed by atoms with Crippen LogP contribution in [0.5, 0.6) is 0 Å². The van der Waals surface area contributed by atoms with Gasteiger partial charge in [-0.15, -0.1) is 0 Å². The van der Waals surface area contributed by atoms with Gasteiger partial charge in [-0.1, -0.05) is 13.8 Å². The first kappa shape index (κ1) is 20.2. The van der Waals surface area contributed by atoms with Crippen molar-refractivity contribution >= 4 is 11.7 Å². The van der Waals surface area contributed by atoms with E-state index < -0.39 is 5.82 Å². The number of halogens is 1. The number of fused-ring (bicyclic) bond motifs is 1. The van der Waals surface area contributed by atoms with Crippen LogP contribution in [-0.4, -0.2) is 31.3 Å². The highest BCUT2D eigenvalue weighted by molar-refractivity contribution is 5.92. The molecule has 0 aromatic carbocycles. The lowest BCUT2D eigenvalue weighted by Gasteiger charge is -2.31. The molecule has 1 N–H and O–H groups in total. The van der Waals surface area contributed by atoms with Crippen LogP contribution in [0.2, 0.25) is 0 Å². The van der Waals surface area contributed by atoms with E-state index in [2.05, 4.69) is 15.3 Å². The Bertz CT molecular complexity index is 1090. The highest BCUT2D eigenvalue weighted by Gasteiger charge is 2.31. The lowest BCUT2D eigenvalue weighted by molar-refractivity contribution is -0.118. The van der Waals surface area contributed by atoms with Gasteiger partial charge in [0.1, 0.15) is 17.3 Å². The van der Waals surface area contributed by atoms with Crippen LogP contribution in [0, 0.1) is 11.7 Å². The molecule has 0 radical (unpaired) electrons. The van der Waals surface area contributed by atoms with Crippen LogP contribution in [0.15, 0.2) is 36.7 Å². The number of anilines is 1. The molecular formula is C22H24FN5O2. The zero-order chi connectivity index (χ0) is 21.5. The molecule has 1 aliphatic rings. The fourth-order valence-corrected chi connectivity index (χ4v) is 3.37. The van der Waals surface area contributed by atoms with Gasteiger partial charge in [0.25, 0.3) is 0 Å². The van der Waals surface area contributed by atoms with Crippen molar-refractivity contribution in [2.24, 2.45) is 5.92 Å². The molecule has 30 heavy (non-hydrogen) atoms. The predicted octanol–water partition coefficient (Wildman–Crippen LogP) is 4.05. The first-order valence-corrected chi connectivity index (χ1v) is 9.86. The molecule has 0 saturated carbocycles. The van der Waals surface area contributed by atoms with Gasteiger partial charge in [-0.3, -0.25) is 14.5 Å². The molecule has 4 rings (SSSR count). The van der Waals surface area contributed by atoms with Crippen molar-refractivity contribution < 1.29 is 13.9 Å². The molecule has 3 aromatic rings. The molecule has 0 bridgehead atoms. The largest absolute Gasteiger partial charge is 0.367 e. The maximum atomic E-state index is 13.4. The van der Waals surface area contributed by atoms with E-state index in [9.17, 15) is 9.18 Å². The summed E-state index contributed by atoms with van der Waals surface area (Å²) in [5.74, 6) is -0.214. The number of hydrogen-bond donors (Lipinski definition) is 1. The molecule has 1 amide bonds. The lowest BCUT2D eigenvalue weighted by atomic mass is 10.0. The average Bonchev–Trinajstić information content (AvgIpc) is 3.06. The van der Waals surface area contributed by atoms with E-state index in [0.29, 0.717) is 30.4 Å². The van der Waals surface area contributed by atoms with Crippen molar-refractivity contribution in [3.8, 4) is 22.5 Å². The number of aromatic nitrogens is 4. The number of pyridine rings is 2. The molecule has 0 saturated heterocycles. The smallest absolute Gasteiger partial charge is 0.228 e. The van der Waals surface area contributed by atoms with Crippen molar-refractivity contribution in [3.05, 3.63) is 48.2 Å². The minimum absolute atomic E-state index is 0.109. The van der Waals surface area contributed by atoms with Crippen molar-refractivity contribution in [2.75, 3.05) is 5.32 Å². The Morgan fingerprint density at radius 3 is 2.77 bits per heavy atom. The van der Waals surface area contributed by atoms with Crippen LogP contribution in [0.4, 0.5) is 10.2 Å². The Hall–Kier alpha value is -3.13. The Morgan fingerprint density at radius 2 is 2.07 bits per heavy atom. The van der Waals surface area contributed by atoms with E-state index in [1.165, 1.54) is 12.3 Å². The van der Waals surface area contributed by atoms with Gasteiger partial charge in [-0.05, 0) is 43.7 Å². The fraction of sp³-hybridized carbons (Fsp3) is 0.364. The number of nitrogens with one attached hydrogen (secondary N) is 1. The number of nitrogens with zero attached hydrogens (tertiary/aromatic N) is 4. The molecule has 0 atom stereocenters. The highest BCUT2D eigenvalue weighted by Crippen LogP contribution is 2.38. The van der Waals surface area contributed by atoms with E-state index in [1.54, 1.807) is 12.3 Å². The molecule has 156 valence electrons. The van der Waals surface area contributed by atoms with Crippen LogP contribution in [0.3, 0.4) is 0 Å². The molecule has 3 aromatic heterocycles.